The van der Waals surface area contributed by atoms with Crippen molar-refractivity contribution in [3.05, 3.63) is 35.6 Å². The number of hydrogen-bond donors (Lipinski definition) is 0. The van der Waals surface area contributed by atoms with Crippen LogP contribution in [0.5, 0.6) is 0 Å². The zero-order chi connectivity index (χ0) is 16.0. The fourth-order valence-electron chi connectivity index (χ4n) is 4.65. The van der Waals surface area contributed by atoms with E-state index in [-0.39, 0.29) is 16.9 Å². The lowest BCUT2D eigenvalue weighted by atomic mass is 9.49. The summed E-state index contributed by atoms with van der Waals surface area (Å²) in [5.74, 6) is 0.977. The smallest absolute Gasteiger partial charge is 0.136 e. The third kappa shape index (κ3) is 2.57. The molecule has 3 aliphatic rings. The maximum atomic E-state index is 11.9. The van der Waals surface area contributed by atoms with Gasteiger partial charge in [-0.05, 0) is 61.5 Å². The number of hydrogen-bond acceptors (Lipinski definition) is 2. The van der Waals surface area contributed by atoms with Crippen LogP contribution in [0.25, 0.3) is 0 Å². The highest BCUT2D eigenvalue weighted by Gasteiger charge is 2.52. The number of ketones is 1. The van der Waals surface area contributed by atoms with E-state index in [1.165, 1.54) is 11.1 Å². The summed E-state index contributed by atoms with van der Waals surface area (Å²) in [7, 11) is 0. The van der Waals surface area contributed by atoms with Crippen LogP contribution in [0.1, 0.15) is 59.8 Å². The first-order valence-corrected chi connectivity index (χ1v) is 8.53. The van der Waals surface area contributed by atoms with E-state index in [1.807, 2.05) is 6.26 Å². The Bertz CT molecular complexity index is 564. The lowest BCUT2D eigenvalue weighted by molar-refractivity contribution is -0.121. The second-order valence-corrected chi connectivity index (χ2v) is 8.09. The predicted molar refractivity (Wildman–Crippen MR) is 89.3 cm³/mol. The van der Waals surface area contributed by atoms with Crippen LogP contribution in [0.4, 0.5) is 0 Å². The number of Topliss-reactive ketones (excluding diaryl/α,β-unsaturated/α-hetero) is 1. The average Bonchev–Trinajstić information content (AvgIpc) is 2.47. The minimum Gasteiger partial charge on any atom is -0.494 e. The molecule has 3 rings (SSSR count). The maximum Gasteiger partial charge on any atom is 0.136 e. The van der Waals surface area contributed by atoms with Crippen LogP contribution in [-0.4, -0.2) is 11.9 Å². The molecule has 0 aromatic heterocycles. The highest BCUT2D eigenvalue weighted by Crippen LogP contribution is 2.59. The Hall–Kier alpha value is -1.31. The van der Waals surface area contributed by atoms with Crippen molar-refractivity contribution in [2.24, 2.45) is 16.7 Å². The van der Waals surface area contributed by atoms with Gasteiger partial charge < -0.3 is 4.74 Å². The van der Waals surface area contributed by atoms with E-state index in [4.69, 9.17) is 4.74 Å². The molecule has 3 aliphatic carbocycles. The van der Waals surface area contributed by atoms with Crippen molar-refractivity contribution >= 4 is 5.78 Å². The van der Waals surface area contributed by atoms with Gasteiger partial charge in [0.25, 0.3) is 0 Å². The quantitative estimate of drug-likeness (QED) is 0.532. The SMILES string of the molecule is CC(C)=COC1C=CC2(C)CC=C3CC(=O)CCC3(C)C2C1. The first-order valence-electron chi connectivity index (χ1n) is 8.53. The fraction of sp³-hybridized carbons (Fsp3) is 0.650. The van der Waals surface area contributed by atoms with E-state index >= 15 is 0 Å². The van der Waals surface area contributed by atoms with Gasteiger partial charge in [0.1, 0.15) is 11.9 Å². The first kappa shape index (κ1) is 15.6. The summed E-state index contributed by atoms with van der Waals surface area (Å²) in [6, 6.07) is 0. The molecule has 0 aliphatic heterocycles. The summed E-state index contributed by atoms with van der Waals surface area (Å²) < 4.78 is 5.95. The van der Waals surface area contributed by atoms with E-state index in [0.29, 0.717) is 18.1 Å². The van der Waals surface area contributed by atoms with Crippen molar-refractivity contribution in [3.8, 4) is 0 Å². The normalized spacial score (nSPS) is 40.4. The molecule has 0 N–H and O–H groups in total. The second-order valence-electron chi connectivity index (χ2n) is 8.09. The van der Waals surface area contributed by atoms with Crippen LogP contribution in [0.15, 0.2) is 35.6 Å². The lowest BCUT2D eigenvalue weighted by Gasteiger charge is -2.55. The molecule has 0 radical (unpaired) electrons. The fourth-order valence-corrected chi connectivity index (χ4v) is 4.65. The largest absolute Gasteiger partial charge is 0.494 e. The summed E-state index contributed by atoms with van der Waals surface area (Å²) in [6.07, 6.45) is 13.5. The van der Waals surface area contributed by atoms with Gasteiger partial charge >= 0.3 is 0 Å². The van der Waals surface area contributed by atoms with Crippen LogP contribution in [-0.2, 0) is 9.53 Å². The molecular weight excluding hydrogens is 272 g/mol. The van der Waals surface area contributed by atoms with Gasteiger partial charge in [0.05, 0.1) is 6.26 Å². The Morgan fingerprint density at radius 3 is 2.86 bits per heavy atom. The zero-order valence-corrected chi connectivity index (χ0v) is 14.3. The Labute approximate surface area is 134 Å². The van der Waals surface area contributed by atoms with Gasteiger partial charge in [0.15, 0.2) is 0 Å². The van der Waals surface area contributed by atoms with Crippen LogP contribution in [0.2, 0.25) is 0 Å². The van der Waals surface area contributed by atoms with E-state index in [2.05, 4.69) is 45.9 Å². The number of carbonyl (C=O) groups is 1. The number of carbonyl (C=O) groups excluding carboxylic acids is 1. The highest BCUT2D eigenvalue weighted by molar-refractivity contribution is 5.82. The molecule has 120 valence electrons. The Morgan fingerprint density at radius 2 is 2.14 bits per heavy atom. The third-order valence-corrected chi connectivity index (χ3v) is 6.04. The van der Waals surface area contributed by atoms with Gasteiger partial charge in [-0.15, -0.1) is 0 Å². The molecule has 2 heteroatoms. The molecule has 0 saturated heterocycles. The molecule has 22 heavy (non-hydrogen) atoms. The van der Waals surface area contributed by atoms with Crippen LogP contribution < -0.4 is 0 Å². The van der Waals surface area contributed by atoms with Crippen LogP contribution in [0.3, 0.4) is 0 Å². The molecule has 4 unspecified atom stereocenters. The summed E-state index contributed by atoms with van der Waals surface area (Å²) >= 11 is 0. The van der Waals surface area contributed by atoms with Crippen molar-refractivity contribution in [1.29, 1.82) is 0 Å². The molecule has 2 nitrogen and oxygen atoms in total. The topological polar surface area (TPSA) is 26.3 Å². The Morgan fingerprint density at radius 1 is 1.36 bits per heavy atom. The van der Waals surface area contributed by atoms with Crippen molar-refractivity contribution < 1.29 is 9.53 Å². The van der Waals surface area contributed by atoms with Crippen molar-refractivity contribution in [2.75, 3.05) is 0 Å². The molecular formula is C20H28O2. The zero-order valence-electron chi connectivity index (χ0n) is 14.3. The monoisotopic (exact) mass is 300 g/mol. The van der Waals surface area contributed by atoms with Crippen molar-refractivity contribution in [3.63, 3.8) is 0 Å². The molecule has 0 aromatic carbocycles. The first-order chi connectivity index (χ1) is 10.3. The van der Waals surface area contributed by atoms with E-state index < -0.39 is 0 Å². The van der Waals surface area contributed by atoms with Crippen molar-refractivity contribution in [1.82, 2.24) is 0 Å². The maximum absolute atomic E-state index is 11.9. The van der Waals surface area contributed by atoms with Gasteiger partial charge in [0.2, 0.25) is 0 Å². The van der Waals surface area contributed by atoms with Gasteiger partial charge in [-0.25, -0.2) is 0 Å². The number of fused-ring (bicyclic) bond motifs is 3. The summed E-state index contributed by atoms with van der Waals surface area (Å²) in [5.41, 5.74) is 2.96. The van der Waals surface area contributed by atoms with Gasteiger partial charge in [-0.3, -0.25) is 4.79 Å². The summed E-state index contributed by atoms with van der Waals surface area (Å²) in [6.45, 7) is 8.88. The molecule has 0 spiro atoms. The molecule has 0 heterocycles. The van der Waals surface area contributed by atoms with E-state index in [0.717, 1.165) is 25.7 Å². The number of allylic oxidation sites excluding steroid dienone is 4. The summed E-state index contributed by atoms with van der Waals surface area (Å²) in [5, 5.41) is 0. The van der Waals surface area contributed by atoms with Crippen molar-refractivity contribution in [2.45, 2.75) is 65.9 Å². The van der Waals surface area contributed by atoms with E-state index in [9.17, 15) is 4.79 Å². The molecule has 0 aromatic rings. The average molecular weight is 300 g/mol. The standard InChI is InChI=1S/C20H28O2/c1-14(2)13-22-17-7-9-19(3)8-5-15-11-16(21)6-10-20(15,4)18(19)12-17/h5,7,9,13,17-18H,6,8,10-12H2,1-4H3. The lowest BCUT2D eigenvalue weighted by Crippen LogP contribution is -2.48. The minimum absolute atomic E-state index is 0.165. The highest BCUT2D eigenvalue weighted by atomic mass is 16.5. The van der Waals surface area contributed by atoms with Gasteiger partial charge in [0, 0.05) is 12.8 Å². The molecule has 1 fully saturated rings. The Balaban J connectivity index is 1.88. The second kappa shape index (κ2) is 5.40. The molecule has 4 atom stereocenters. The third-order valence-electron chi connectivity index (χ3n) is 6.04. The molecule has 1 saturated carbocycles. The molecule has 0 bridgehead atoms. The minimum atomic E-state index is 0.165. The van der Waals surface area contributed by atoms with Crippen LogP contribution in [0, 0.1) is 16.7 Å². The van der Waals surface area contributed by atoms with Crippen LogP contribution >= 0.6 is 0 Å². The van der Waals surface area contributed by atoms with Gasteiger partial charge in [-0.2, -0.15) is 0 Å². The summed E-state index contributed by atoms with van der Waals surface area (Å²) in [4.78, 5) is 11.9. The van der Waals surface area contributed by atoms with E-state index in [1.54, 1.807) is 0 Å². The number of rotatable bonds is 2. The van der Waals surface area contributed by atoms with Gasteiger partial charge in [-0.1, -0.05) is 31.6 Å². The Kier molecular flexibility index (Phi) is 3.82. The predicted octanol–water partition coefficient (Wildman–Crippen LogP) is 4.97. The molecule has 0 amide bonds. The number of ether oxygens (including phenoxy) is 1.